The van der Waals surface area contributed by atoms with Gasteiger partial charge in [0.25, 0.3) is 0 Å². The summed E-state index contributed by atoms with van der Waals surface area (Å²) in [5.41, 5.74) is 8.36. The summed E-state index contributed by atoms with van der Waals surface area (Å²) in [5.74, 6) is 1.30. The topological polar surface area (TPSA) is 110 Å². The molecular formula is C20H22N8O. The van der Waals surface area contributed by atoms with E-state index in [-0.39, 0.29) is 17.6 Å². The maximum Gasteiger partial charge on any atom is 0.223 e. The fourth-order valence-electron chi connectivity index (χ4n) is 4.28. The molecule has 0 spiro atoms. The van der Waals surface area contributed by atoms with Crippen LogP contribution in [0.15, 0.2) is 30.6 Å². The third-order valence-electron chi connectivity index (χ3n) is 5.98. The third kappa shape index (κ3) is 2.68. The van der Waals surface area contributed by atoms with Gasteiger partial charge in [-0.1, -0.05) is 6.07 Å². The molecule has 29 heavy (non-hydrogen) atoms. The molecule has 9 nitrogen and oxygen atoms in total. The minimum atomic E-state index is 0.0952. The van der Waals surface area contributed by atoms with E-state index in [0.29, 0.717) is 17.2 Å². The molecule has 3 N–H and O–H groups in total. The lowest BCUT2D eigenvalue weighted by Gasteiger charge is -2.32. The predicted molar refractivity (Wildman–Crippen MR) is 109 cm³/mol. The first-order valence-corrected chi connectivity index (χ1v) is 10.1. The minimum absolute atomic E-state index is 0.0952. The number of phenols is 1. The molecule has 1 saturated carbocycles. The van der Waals surface area contributed by atoms with Gasteiger partial charge in [0.2, 0.25) is 5.95 Å². The smallest absolute Gasteiger partial charge is 0.223 e. The van der Waals surface area contributed by atoms with Gasteiger partial charge in [-0.25, -0.2) is 9.97 Å². The molecule has 1 aliphatic heterocycles. The second-order valence-electron chi connectivity index (χ2n) is 8.04. The number of nitrogens with zero attached hydrogens (tertiary/aromatic N) is 7. The van der Waals surface area contributed by atoms with Crippen molar-refractivity contribution >= 4 is 28.2 Å². The fraction of sp³-hybridized carbons (Fsp3) is 0.400. The highest BCUT2D eigenvalue weighted by molar-refractivity contribution is 5.95. The van der Waals surface area contributed by atoms with Gasteiger partial charge in [-0.05, 0) is 37.8 Å². The van der Waals surface area contributed by atoms with Gasteiger partial charge in [-0.15, -0.1) is 5.10 Å². The lowest BCUT2D eigenvalue weighted by Crippen LogP contribution is -2.34. The van der Waals surface area contributed by atoms with Gasteiger partial charge >= 0.3 is 0 Å². The van der Waals surface area contributed by atoms with Crippen LogP contribution in [0.1, 0.15) is 43.5 Å². The Morgan fingerprint density at radius 1 is 1.14 bits per heavy atom. The molecule has 4 heterocycles. The van der Waals surface area contributed by atoms with Gasteiger partial charge in [0.05, 0.1) is 17.9 Å². The van der Waals surface area contributed by atoms with Gasteiger partial charge in [0.15, 0.2) is 11.5 Å². The summed E-state index contributed by atoms with van der Waals surface area (Å²) in [5, 5.41) is 20.1. The highest BCUT2D eigenvalue weighted by atomic mass is 16.3. The number of hydrogen-bond donors (Lipinski definition) is 2. The highest BCUT2D eigenvalue weighted by Gasteiger charge is 2.28. The number of nitrogens with two attached hydrogens (primary N) is 1. The van der Waals surface area contributed by atoms with Crippen LogP contribution < -0.4 is 10.6 Å². The van der Waals surface area contributed by atoms with E-state index in [1.54, 1.807) is 16.6 Å². The van der Waals surface area contributed by atoms with Crippen molar-refractivity contribution in [3.8, 4) is 5.75 Å². The zero-order valence-electron chi connectivity index (χ0n) is 15.9. The quantitative estimate of drug-likeness (QED) is 0.553. The largest absolute Gasteiger partial charge is 0.506 e. The van der Waals surface area contributed by atoms with Gasteiger partial charge in [-0.2, -0.15) is 9.61 Å². The first kappa shape index (κ1) is 16.6. The zero-order chi connectivity index (χ0) is 19.5. The van der Waals surface area contributed by atoms with Crippen LogP contribution >= 0.6 is 0 Å². The Balaban J connectivity index is 1.35. The van der Waals surface area contributed by atoms with Gasteiger partial charge in [0.1, 0.15) is 11.3 Å². The maximum absolute atomic E-state index is 10.1. The monoisotopic (exact) mass is 390 g/mol. The van der Waals surface area contributed by atoms with Crippen LogP contribution in [0.5, 0.6) is 5.75 Å². The van der Waals surface area contributed by atoms with Gasteiger partial charge in [-0.3, -0.25) is 4.68 Å². The van der Waals surface area contributed by atoms with E-state index in [4.69, 9.17) is 10.7 Å². The average Bonchev–Trinajstić information content (AvgIpc) is 3.28. The van der Waals surface area contributed by atoms with E-state index in [1.807, 2.05) is 12.3 Å². The number of anilines is 2. The molecular weight excluding hydrogens is 368 g/mol. The van der Waals surface area contributed by atoms with Crippen molar-refractivity contribution in [2.24, 2.45) is 0 Å². The summed E-state index contributed by atoms with van der Waals surface area (Å²) in [6, 6.07) is 5.85. The van der Waals surface area contributed by atoms with E-state index >= 15 is 0 Å². The van der Waals surface area contributed by atoms with Crippen molar-refractivity contribution in [1.82, 2.24) is 29.4 Å². The predicted octanol–water partition coefficient (Wildman–Crippen LogP) is 2.48. The summed E-state index contributed by atoms with van der Waals surface area (Å²) >= 11 is 0. The second kappa shape index (κ2) is 6.07. The van der Waals surface area contributed by atoms with E-state index in [1.165, 1.54) is 18.5 Å². The lowest BCUT2D eigenvalue weighted by molar-refractivity contribution is 0.480. The molecule has 0 amide bonds. The molecule has 4 aromatic rings. The molecule has 1 aliphatic carbocycles. The van der Waals surface area contributed by atoms with Crippen molar-refractivity contribution < 1.29 is 5.11 Å². The number of aromatic nitrogens is 6. The molecule has 148 valence electrons. The first-order valence-electron chi connectivity index (χ1n) is 10.1. The molecule has 1 saturated heterocycles. The van der Waals surface area contributed by atoms with Crippen LogP contribution in [-0.4, -0.2) is 47.6 Å². The number of fused-ring (bicyclic) bond motifs is 3. The van der Waals surface area contributed by atoms with Crippen LogP contribution in [-0.2, 0) is 0 Å². The van der Waals surface area contributed by atoms with Crippen molar-refractivity contribution in [1.29, 1.82) is 0 Å². The second-order valence-corrected chi connectivity index (χ2v) is 8.04. The van der Waals surface area contributed by atoms with Crippen LogP contribution in [0.25, 0.3) is 16.6 Å². The average molecular weight is 390 g/mol. The van der Waals surface area contributed by atoms with Crippen molar-refractivity contribution in [3.05, 3.63) is 36.4 Å². The van der Waals surface area contributed by atoms with Crippen molar-refractivity contribution in [2.75, 3.05) is 23.7 Å². The molecule has 0 unspecified atom stereocenters. The Kier molecular flexibility index (Phi) is 3.47. The summed E-state index contributed by atoms with van der Waals surface area (Å²) in [6.07, 6.45) is 8.69. The summed E-state index contributed by atoms with van der Waals surface area (Å²) in [6.45, 7) is 1.87. The fourth-order valence-corrected chi connectivity index (χ4v) is 4.28. The normalized spacial score (nSPS) is 20.0. The summed E-state index contributed by atoms with van der Waals surface area (Å²) in [4.78, 5) is 11.5. The molecule has 2 fully saturated rings. The SMILES string of the molecule is Nc1nc2c(O)cccc2c2nc([C@@H]3CCCN(c4cnn(C5CC5)c4)C3)nn12. The molecule has 1 atom stereocenters. The van der Waals surface area contributed by atoms with Gasteiger partial charge in [0, 0.05) is 30.6 Å². The Bertz CT molecular complexity index is 1220. The molecule has 1 aromatic carbocycles. The Hall–Kier alpha value is -3.36. The number of para-hydroxylation sites is 1. The van der Waals surface area contributed by atoms with E-state index < -0.39 is 0 Å². The molecule has 6 rings (SSSR count). The number of benzene rings is 1. The number of rotatable bonds is 3. The Labute approximate surface area is 166 Å². The van der Waals surface area contributed by atoms with Crippen LogP contribution in [0.4, 0.5) is 11.6 Å². The van der Waals surface area contributed by atoms with Crippen molar-refractivity contribution in [2.45, 2.75) is 37.6 Å². The van der Waals surface area contributed by atoms with Gasteiger partial charge < -0.3 is 15.7 Å². The third-order valence-corrected chi connectivity index (χ3v) is 5.98. The van der Waals surface area contributed by atoms with E-state index in [9.17, 15) is 5.11 Å². The summed E-state index contributed by atoms with van der Waals surface area (Å²) < 4.78 is 3.67. The van der Waals surface area contributed by atoms with E-state index in [2.05, 4.69) is 31.0 Å². The zero-order valence-corrected chi connectivity index (χ0v) is 15.9. The van der Waals surface area contributed by atoms with Crippen LogP contribution in [0, 0.1) is 0 Å². The molecule has 9 heteroatoms. The summed E-state index contributed by atoms with van der Waals surface area (Å²) in [7, 11) is 0. The Morgan fingerprint density at radius 3 is 2.90 bits per heavy atom. The lowest BCUT2D eigenvalue weighted by atomic mass is 9.97. The number of aromatic hydroxyl groups is 1. The minimum Gasteiger partial charge on any atom is -0.506 e. The maximum atomic E-state index is 10.1. The standard InChI is InChI=1S/C20H22N8O/c21-20-23-17-15(4-1-5-16(17)29)19-24-18(25-28(19)20)12-3-2-8-26(10-12)14-9-22-27(11-14)13-6-7-13/h1,4-5,9,11-13,29H,2-3,6-8,10H2,(H2,21,23)/t12-/m1/s1. The van der Waals surface area contributed by atoms with Crippen LogP contribution in [0.2, 0.25) is 0 Å². The van der Waals surface area contributed by atoms with Crippen LogP contribution in [0.3, 0.4) is 0 Å². The van der Waals surface area contributed by atoms with E-state index in [0.717, 1.165) is 37.1 Å². The molecule has 3 aromatic heterocycles. The first-order chi connectivity index (χ1) is 14.2. The number of piperidine rings is 1. The Morgan fingerprint density at radius 2 is 2.03 bits per heavy atom. The molecule has 2 aliphatic rings. The van der Waals surface area contributed by atoms with Crippen molar-refractivity contribution in [3.63, 3.8) is 0 Å². The molecule has 0 bridgehead atoms. The number of nitrogen functional groups attached to an aromatic ring is 1. The highest BCUT2D eigenvalue weighted by Crippen LogP contribution is 2.36. The molecule has 0 radical (unpaired) electrons. The number of hydrogen-bond acceptors (Lipinski definition) is 7. The number of phenolic OH excluding ortho intramolecular Hbond substituents is 1.